The maximum Gasteiger partial charge on any atom is 0.279 e. The minimum atomic E-state index is 0.0392. The summed E-state index contributed by atoms with van der Waals surface area (Å²) in [4.78, 5) is 13.2. The lowest BCUT2D eigenvalue weighted by Crippen LogP contribution is -3.15. The van der Waals surface area contributed by atoms with Crippen LogP contribution in [0, 0.1) is 6.92 Å². The van der Waals surface area contributed by atoms with Crippen molar-refractivity contribution in [2.24, 2.45) is 0 Å². The van der Waals surface area contributed by atoms with Crippen LogP contribution in [-0.4, -0.2) is 38.8 Å². The van der Waals surface area contributed by atoms with E-state index in [1.807, 2.05) is 19.1 Å². The molecule has 2 rings (SSSR count). The van der Waals surface area contributed by atoms with Crippen LogP contribution in [0.1, 0.15) is 5.56 Å². The summed E-state index contributed by atoms with van der Waals surface area (Å²) in [5, 5.41) is 3.61. The monoisotopic (exact) mass is 269 g/mol. The smallest absolute Gasteiger partial charge is 0.279 e. The lowest BCUT2D eigenvalue weighted by Gasteiger charge is -2.23. The number of rotatable bonds is 3. The topological polar surface area (TPSA) is 42.8 Å². The molecule has 2 N–H and O–H groups in total. The zero-order valence-corrected chi connectivity index (χ0v) is 11.2. The van der Waals surface area contributed by atoms with Gasteiger partial charge >= 0.3 is 0 Å². The highest BCUT2D eigenvalue weighted by molar-refractivity contribution is 6.30. The number of hydrogen-bond donors (Lipinski definition) is 2. The van der Waals surface area contributed by atoms with E-state index in [1.165, 1.54) is 4.90 Å². The average molecular weight is 270 g/mol. The molecule has 0 unspecified atom stereocenters. The number of anilines is 1. The van der Waals surface area contributed by atoms with Crippen LogP contribution < -0.4 is 10.2 Å². The maximum atomic E-state index is 11.9. The Morgan fingerprint density at radius 1 is 1.44 bits per heavy atom. The minimum absolute atomic E-state index is 0.0392. The molecule has 1 aromatic rings. The summed E-state index contributed by atoms with van der Waals surface area (Å²) >= 11 is 5.88. The number of hydrogen-bond acceptors (Lipinski definition) is 2. The van der Waals surface area contributed by atoms with Crippen LogP contribution in [0.25, 0.3) is 0 Å². The highest BCUT2D eigenvalue weighted by Gasteiger charge is 2.17. The van der Waals surface area contributed by atoms with Gasteiger partial charge in [-0.05, 0) is 30.7 Å². The number of morpholine rings is 1. The van der Waals surface area contributed by atoms with Gasteiger partial charge in [0.25, 0.3) is 5.91 Å². The first-order chi connectivity index (χ1) is 8.65. The fourth-order valence-corrected chi connectivity index (χ4v) is 2.25. The summed E-state index contributed by atoms with van der Waals surface area (Å²) in [5.74, 6) is 0.0392. The van der Waals surface area contributed by atoms with Crippen LogP contribution in [0.5, 0.6) is 0 Å². The Balaban J connectivity index is 1.90. The molecule has 0 aromatic heterocycles. The van der Waals surface area contributed by atoms with E-state index >= 15 is 0 Å². The average Bonchev–Trinajstić information content (AvgIpc) is 2.34. The molecule has 0 aliphatic carbocycles. The number of halogens is 1. The molecular weight excluding hydrogens is 252 g/mol. The first kappa shape index (κ1) is 13.3. The summed E-state index contributed by atoms with van der Waals surface area (Å²) in [6.07, 6.45) is 0. The summed E-state index contributed by atoms with van der Waals surface area (Å²) in [6, 6.07) is 5.47. The molecule has 0 saturated carbocycles. The van der Waals surface area contributed by atoms with Gasteiger partial charge in [-0.2, -0.15) is 0 Å². The van der Waals surface area contributed by atoms with E-state index < -0.39 is 0 Å². The number of amides is 1. The number of carbonyl (C=O) groups is 1. The largest absolute Gasteiger partial charge is 0.370 e. The molecule has 0 atom stereocenters. The van der Waals surface area contributed by atoms with Crippen LogP contribution in [0.2, 0.25) is 5.02 Å². The fourth-order valence-electron chi connectivity index (χ4n) is 2.03. The Hall–Kier alpha value is -1.10. The number of carbonyl (C=O) groups excluding carboxylic acids is 1. The normalized spacial score (nSPS) is 16.6. The van der Waals surface area contributed by atoms with Crippen molar-refractivity contribution in [3.05, 3.63) is 28.8 Å². The highest BCUT2D eigenvalue weighted by atomic mass is 35.5. The van der Waals surface area contributed by atoms with Gasteiger partial charge in [0.15, 0.2) is 6.54 Å². The Bertz CT molecular complexity index is 431. The van der Waals surface area contributed by atoms with Crippen LogP contribution in [0.3, 0.4) is 0 Å². The number of aryl methyl sites for hydroxylation is 1. The zero-order chi connectivity index (χ0) is 13.0. The van der Waals surface area contributed by atoms with E-state index in [-0.39, 0.29) is 5.91 Å². The van der Waals surface area contributed by atoms with Gasteiger partial charge in [-0.1, -0.05) is 11.6 Å². The third-order valence-electron chi connectivity index (χ3n) is 3.07. The van der Waals surface area contributed by atoms with Crippen molar-refractivity contribution in [3.63, 3.8) is 0 Å². The van der Waals surface area contributed by atoms with E-state index in [9.17, 15) is 4.79 Å². The lowest BCUT2D eigenvalue weighted by atomic mass is 10.2. The molecule has 5 heteroatoms. The molecule has 0 radical (unpaired) electrons. The Morgan fingerprint density at radius 2 is 2.17 bits per heavy atom. The number of benzene rings is 1. The van der Waals surface area contributed by atoms with E-state index in [1.54, 1.807) is 6.07 Å². The van der Waals surface area contributed by atoms with Gasteiger partial charge in [0.05, 0.1) is 13.2 Å². The van der Waals surface area contributed by atoms with E-state index in [2.05, 4.69) is 5.32 Å². The molecular formula is C13H18ClN2O2+. The molecule has 0 bridgehead atoms. The van der Waals surface area contributed by atoms with Crippen molar-refractivity contribution in [3.8, 4) is 0 Å². The second kappa shape index (κ2) is 6.18. The summed E-state index contributed by atoms with van der Waals surface area (Å²) in [6.45, 7) is 5.69. The van der Waals surface area contributed by atoms with Crippen LogP contribution in [0.15, 0.2) is 18.2 Å². The Morgan fingerprint density at radius 3 is 2.83 bits per heavy atom. The Labute approximate surface area is 112 Å². The van der Waals surface area contributed by atoms with Crippen molar-refractivity contribution in [2.45, 2.75) is 6.92 Å². The first-order valence-corrected chi connectivity index (χ1v) is 6.50. The van der Waals surface area contributed by atoms with Crippen molar-refractivity contribution in [1.29, 1.82) is 0 Å². The van der Waals surface area contributed by atoms with Gasteiger partial charge in [0.2, 0.25) is 0 Å². The second-order valence-corrected chi connectivity index (χ2v) is 4.98. The van der Waals surface area contributed by atoms with Crippen LogP contribution in [0.4, 0.5) is 5.69 Å². The van der Waals surface area contributed by atoms with Gasteiger partial charge in [-0.3, -0.25) is 4.79 Å². The maximum absolute atomic E-state index is 11.9. The van der Waals surface area contributed by atoms with Crippen molar-refractivity contribution in [1.82, 2.24) is 0 Å². The van der Waals surface area contributed by atoms with E-state index in [0.29, 0.717) is 11.6 Å². The lowest BCUT2D eigenvalue weighted by molar-refractivity contribution is -0.899. The molecule has 1 saturated heterocycles. The van der Waals surface area contributed by atoms with Gasteiger partial charge in [0, 0.05) is 10.7 Å². The van der Waals surface area contributed by atoms with Crippen LogP contribution in [-0.2, 0) is 9.53 Å². The Kier molecular flexibility index (Phi) is 4.58. The number of ether oxygens (including phenoxy) is 1. The van der Waals surface area contributed by atoms with E-state index in [0.717, 1.165) is 37.6 Å². The second-order valence-electron chi connectivity index (χ2n) is 4.55. The van der Waals surface area contributed by atoms with Gasteiger partial charge in [-0.15, -0.1) is 0 Å². The minimum Gasteiger partial charge on any atom is -0.370 e. The van der Waals surface area contributed by atoms with Crippen LogP contribution >= 0.6 is 11.6 Å². The molecule has 1 aliphatic rings. The third-order valence-corrected chi connectivity index (χ3v) is 3.31. The molecule has 4 nitrogen and oxygen atoms in total. The molecule has 1 amide bonds. The standard InChI is InChI=1S/C13H17ClN2O2/c1-10-8-11(14)2-3-12(10)15-13(17)9-16-4-6-18-7-5-16/h2-3,8H,4-7,9H2,1H3,(H,15,17)/p+1. The van der Waals surface area contributed by atoms with Gasteiger partial charge in [-0.25, -0.2) is 0 Å². The van der Waals surface area contributed by atoms with Gasteiger partial charge < -0.3 is 15.0 Å². The van der Waals surface area contributed by atoms with Gasteiger partial charge in [0.1, 0.15) is 13.1 Å². The third kappa shape index (κ3) is 3.70. The first-order valence-electron chi connectivity index (χ1n) is 6.12. The zero-order valence-electron chi connectivity index (χ0n) is 10.5. The molecule has 1 fully saturated rings. The summed E-state index contributed by atoms with van der Waals surface area (Å²) in [5.41, 5.74) is 1.81. The number of quaternary nitrogens is 1. The highest BCUT2D eigenvalue weighted by Crippen LogP contribution is 2.19. The molecule has 0 spiro atoms. The summed E-state index contributed by atoms with van der Waals surface area (Å²) < 4.78 is 5.26. The quantitative estimate of drug-likeness (QED) is 0.839. The molecule has 98 valence electrons. The van der Waals surface area contributed by atoms with Crippen molar-refractivity contribution < 1.29 is 14.4 Å². The summed E-state index contributed by atoms with van der Waals surface area (Å²) in [7, 11) is 0. The SMILES string of the molecule is Cc1cc(Cl)ccc1NC(=O)C[NH+]1CCOCC1. The fraction of sp³-hybridized carbons (Fsp3) is 0.462. The van der Waals surface area contributed by atoms with E-state index in [4.69, 9.17) is 16.3 Å². The van der Waals surface area contributed by atoms with Crippen molar-refractivity contribution in [2.75, 3.05) is 38.2 Å². The van der Waals surface area contributed by atoms with Crippen molar-refractivity contribution >= 4 is 23.2 Å². The molecule has 18 heavy (non-hydrogen) atoms. The predicted molar refractivity (Wildman–Crippen MR) is 71.2 cm³/mol. The predicted octanol–water partition coefficient (Wildman–Crippen LogP) is 0.502. The number of nitrogens with one attached hydrogen (secondary N) is 2. The molecule has 1 aliphatic heterocycles. The molecule has 1 heterocycles. The molecule has 1 aromatic carbocycles.